The summed E-state index contributed by atoms with van der Waals surface area (Å²) in [6.45, 7) is 3.06. The lowest BCUT2D eigenvalue weighted by Gasteiger charge is -2.06. The zero-order chi connectivity index (χ0) is 14.5. The molecule has 2 amide bonds. The number of thioether (sulfide) groups is 1. The van der Waals surface area contributed by atoms with Gasteiger partial charge in [0.1, 0.15) is 0 Å². The van der Waals surface area contributed by atoms with Crippen molar-refractivity contribution >= 4 is 23.6 Å². The number of imidazole rings is 1. The Morgan fingerprint density at radius 1 is 1.50 bits per heavy atom. The number of hydrogen-bond donors (Lipinski definition) is 2. The molecule has 0 fully saturated rings. The molecule has 0 aliphatic carbocycles. The molecular formula is C11H17N7OS. The second-order valence-electron chi connectivity index (χ2n) is 4.06. The first-order valence-electron chi connectivity index (χ1n) is 6.13. The molecule has 2 aromatic heterocycles. The lowest BCUT2D eigenvalue weighted by Crippen LogP contribution is -2.29. The predicted molar refractivity (Wildman–Crippen MR) is 76.5 cm³/mol. The number of carbonyl (C=O) groups is 1. The number of carbonyl (C=O) groups excluding carboxylic acids is 1. The largest absolute Gasteiger partial charge is 0.332 e. The van der Waals surface area contributed by atoms with Crippen LogP contribution >= 0.6 is 11.8 Å². The van der Waals surface area contributed by atoms with Crippen LogP contribution in [0.5, 0.6) is 0 Å². The Hall–Kier alpha value is -2.03. The van der Waals surface area contributed by atoms with Crippen LogP contribution < -0.4 is 10.6 Å². The molecule has 0 aliphatic rings. The Morgan fingerprint density at radius 3 is 2.90 bits per heavy atom. The number of aryl methyl sites for hydroxylation is 1. The second kappa shape index (κ2) is 6.42. The van der Waals surface area contributed by atoms with E-state index < -0.39 is 0 Å². The summed E-state index contributed by atoms with van der Waals surface area (Å²) in [5.41, 5.74) is 0.932. The number of amides is 2. The SMILES string of the molecule is CCn1cc(NC(=O)NCc2cnc(SC)n2C)nn1. The fraction of sp³-hybridized carbons (Fsp3) is 0.455. The average molecular weight is 295 g/mol. The fourth-order valence-electron chi connectivity index (χ4n) is 1.62. The van der Waals surface area contributed by atoms with Crippen molar-refractivity contribution < 1.29 is 4.79 Å². The van der Waals surface area contributed by atoms with Gasteiger partial charge in [-0.2, -0.15) is 0 Å². The summed E-state index contributed by atoms with van der Waals surface area (Å²) >= 11 is 1.56. The van der Waals surface area contributed by atoms with Gasteiger partial charge in [0.05, 0.1) is 24.6 Å². The summed E-state index contributed by atoms with van der Waals surface area (Å²) in [7, 11) is 1.92. The first kappa shape index (κ1) is 14.4. The molecule has 0 saturated carbocycles. The molecule has 0 bridgehead atoms. The summed E-state index contributed by atoms with van der Waals surface area (Å²) in [4.78, 5) is 16.0. The summed E-state index contributed by atoms with van der Waals surface area (Å²) in [5.74, 6) is 0.430. The van der Waals surface area contributed by atoms with E-state index in [9.17, 15) is 4.79 Å². The second-order valence-corrected chi connectivity index (χ2v) is 4.84. The Morgan fingerprint density at radius 2 is 2.30 bits per heavy atom. The maximum Gasteiger partial charge on any atom is 0.320 e. The number of anilines is 1. The Bertz CT molecular complexity index is 591. The molecule has 2 rings (SSSR count). The van der Waals surface area contributed by atoms with E-state index >= 15 is 0 Å². The highest BCUT2D eigenvalue weighted by Gasteiger charge is 2.08. The number of aromatic nitrogens is 5. The number of nitrogens with zero attached hydrogens (tertiary/aromatic N) is 5. The molecule has 0 radical (unpaired) electrons. The van der Waals surface area contributed by atoms with Crippen molar-refractivity contribution in [3.8, 4) is 0 Å². The minimum atomic E-state index is -0.319. The van der Waals surface area contributed by atoms with Crippen LogP contribution in [0.3, 0.4) is 0 Å². The van der Waals surface area contributed by atoms with E-state index in [0.29, 0.717) is 18.9 Å². The minimum absolute atomic E-state index is 0.319. The van der Waals surface area contributed by atoms with Gasteiger partial charge in [-0.15, -0.1) is 5.10 Å². The first-order valence-corrected chi connectivity index (χ1v) is 7.36. The quantitative estimate of drug-likeness (QED) is 0.806. The van der Waals surface area contributed by atoms with Crippen molar-refractivity contribution in [2.75, 3.05) is 11.6 Å². The fourth-order valence-corrected chi connectivity index (χ4v) is 2.17. The van der Waals surface area contributed by atoms with Gasteiger partial charge in [-0.25, -0.2) is 9.78 Å². The van der Waals surface area contributed by atoms with Gasteiger partial charge in [0.2, 0.25) is 0 Å². The molecule has 8 nitrogen and oxygen atoms in total. The zero-order valence-corrected chi connectivity index (χ0v) is 12.4. The van der Waals surface area contributed by atoms with E-state index in [4.69, 9.17) is 0 Å². The van der Waals surface area contributed by atoms with Crippen molar-refractivity contribution in [2.24, 2.45) is 7.05 Å². The summed E-state index contributed by atoms with van der Waals surface area (Å²) < 4.78 is 3.58. The zero-order valence-electron chi connectivity index (χ0n) is 11.6. The molecular weight excluding hydrogens is 278 g/mol. The average Bonchev–Trinajstić information content (AvgIpc) is 3.03. The maximum absolute atomic E-state index is 11.7. The van der Waals surface area contributed by atoms with Crippen LogP contribution in [0.25, 0.3) is 0 Å². The van der Waals surface area contributed by atoms with E-state index in [1.54, 1.807) is 28.8 Å². The van der Waals surface area contributed by atoms with E-state index in [1.807, 2.05) is 24.8 Å². The molecule has 0 saturated heterocycles. The van der Waals surface area contributed by atoms with E-state index in [2.05, 4.69) is 25.9 Å². The molecule has 0 aromatic carbocycles. The van der Waals surface area contributed by atoms with E-state index in [-0.39, 0.29) is 6.03 Å². The molecule has 0 unspecified atom stereocenters. The lowest BCUT2D eigenvalue weighted by atomic mass is 10.4. The van der Waals surface area contributed by atoms with E-state index in [0.717, 1.165) is 10.9 Å². The van der Waals surface area contributed by atoms with Crippen molar-refractivity contribution in [3.63, 3.8) is 0 Å². The highest BCUT2D eigenvalue weighted by Crippen LogP contribution is 2.13. The third-order valence-electron chi connectivity index (χ3n) is 2.76. The van der Waals surface area contributed by atoms with Gasteiger partial charge >= 0.3 is 6.03 Å². The van der Waals surface area contributed by atoms with Gasteiger partial charge in [-0.05, 0) is 13.2 Å². The molecule has 0 atom stereocenters. The molecule has 9 heteroatoms. The van der Waals surface area contributed by atoms with Crippen LogP contribution in [0.4, 0.5) is 10.6 Å². The minimum Gasteiger partial charge on any atom is -0.332 e. The predicted octanol–water partition coefficient (Wildman–Crippen LogP) is 1.08. The van der Waals surface area contributed by atoms with Crippen molar-refractivity contribution in [2.45, 2.75) is 25.2 Å². The molecule has 0 spiro atoms. The van der Waals surface area contributed by atoms with Gasteiger partial charge in [0.25, 0.3) is 0 Å². The summed E-state index contributed by atoms with van der Waals surface area (Å²) in [6.07, 6.45) is 5.39. The number of hydrogen-bond acceptors (Lipinski definition) is 5. The van der Waals surface area contributed by atoms with Gasteiger partial charge < -0.3 is 9.88 Å². The summed E-state index contributed by atoms with van der Waals surface area (Å²) in [6, 6.07) is -0.319. The highest BCUT2D eigenvalue weighted by atomic mass is 32.2. The van der Waals surface area contributed by atoms with E-state index in [1.165, 1.54) is 0 Å². The normalized spacial score (nSPS) is 10.6. The maximum atomic E-state index is 11.7. The van der Waals surface area contributed by atoms with Gasteiger partial charge in [0.15, 0.2) is 11.0 Å². The topological polar surface area (TPSA) is 89.7 Å². The van der Waals surface area contributed by atoms with Gasteiger partial charge in [-0.3, -0.25) is 10.00 Å². The Balaban J connectivity index is 1.87. The molecule has 20 heavy (non-hydrogen) atoms. The third-order valence-corrected chi connectivity index (χ3v) is 3.50. The van der Waals surface area contributed by atoms with Gasteiger partial charge in [0, 0.05) is 13.6 Å². The highest BCUT2D eigenvalue weighted by molar-refractivity contribution is 7.98. The molecule has 2 heterocycles. The molecule has 0 aliphatic heterocycles. The van der Waals surface area contributed by atoms with Crippen molar-refractivity contribution in [1.29, 1.82) is 0 Å². The number of nitrogens with one attached hydrogen (secondary N) is 2. The van der Waals surface area contributed by atoms with Gasteiger partial charge in [-0.1, -0.05) is 17.0 Å². The lowest BCUT2D eigenvalue weighted by molar-refractivity contribution is 0.251. The van der Waals surface area contributed by atoms with Crippen LogP contribution in [0, 0.1) is 0 Å². The molecule has 2 N–H and O–H groups in total. The van der Waals surface area contributed by atoms with Crippen LogP contribution in [-0.2, 0) is 20.1 Å². The van der Waals surface area contributed by atoms with Crippen molar-refractivity contribution in [3.05, 3.63) is 18.1 Å². The van der Waals surface area contributed by atoms with Crippen LogP contribution in [0.15, 0.2) is 17.6 Å². The van der Waals surface area contributed by atoms with Crippen LogP contribution in [0.1, 0.15) is 12.6 Å². The number of rotatable bonds is 5. The molecule has 2 aromatic rings. The Kier molecular flexibility index (Phi) is 4.61. The molecule has 108 valence electrons. The first-order chi connectivity index (χ1) is 9.63. The van der Waals surface area contributed by atoms with Crippen molar-refractivity contribution in [1.82, 2.24) is 29.9 Å². The third kappa shape index (κ3) is 3.29. The van der Waals surface area contributed by atoms with Crippen LogP contribution in [-0.4, -0.2) is 36.8 Å². The van der Waals surface area contributed by atoms with Crippen LogP contribution in [0.2, 0.25) is 0 Å². The number of urea groups is 1. The Labute approximate surface area is 120 Å². The smallest absolute Gasteiger partial charge is 0.320 e. The summed E-state index contributed by atoms with van der Waals surface area (Å²) in [5, 5.41) is 14.0. The monoisotopic (exact) mass is 295 g/mol. The standard InChI is InChI=1S/C11H17N7OS/c1-4-18-7-9(15-16-18)14-10(19)12-5-8-6-13-11(20-3)17(8)2/h6-7H,4-5H2,1-3H3,(H2,12,14,19).